The minimum Gasteiger partial charge on any atom is -0.331 e. The van der Waals surface area contributed by atoms with Gasteiger partial charge in [0.25, 0.3) is 17.3 Å². The molecule has 1 aliphatic rings. The average Bonchev–Trinajstić information content (AvgIpc) is 3.66. The third-order valence-electron chi connectivity index (χ3n) is 8.21. The Labute approximate surface area is 298 Å². The van der Waals surface area contributed by atoms with Gasteiger partial charge < -0.3 is 4.57 Å². The molecule has 0 N–H and O–H groups in total. The van der Waals surface area contributed by atoms with Gasteiger partial charge in [-0.05, 0) is 40.8 Å². The van der Waals surface area contributed by atoms with Crippen LogP contribution in [0.3, 0.4) is 0 Å². The van der Waals surface area contributed by atoms with E-state index >= 15 is 8.78 Å². The summed E-state index contributed by atoms with van der Waals surface area (Å²) in [6.45, 7) is 8.80. The predicted molar refractivity (Wildman–Crippen MR) is 180 cm³/mol. The van der Waals surface area contributed by atoms with E-state index < -0.39 is 53.7 Å². The van der Waals surface area contributed by atoms with Gasteiger partial charge in [-0.3, -0.25) is 4.98 Å². The Bertz CT molecular complexity index is 2600. The molecule has 0 atom stereocenters. The largest absolute Gasteiger partial charge is 2.00 e. The summed E-state index contributed by atoms with van der Waals surface area (Å²) < 4.78 is 95.5. The van der Waals surface area contributed by atoms with Gasteiger partial charge in [0.05, 0.1) is 5.48 Å². The summed E-state index contributed by atoms with van der Waals surface area (Å²) in [5.74, 6) is -3.26. The zero-order valence-electron chi connectivity index (χ0n) is 33.6. The SMILES string of the molecule is [2H]c1c([2H])c([2H])c2c(c1[2H])[N+](c1[c-]c(C(F)(F)c3[c-]c4c(cn3)c3ccccc3n4-c3cc(C(C)(C)C)ccn3)cc(C(C)(C)C)c1)=C=[N+]2C([2H])([2H])[2H].[Pt+2]. The molecular weight excluding hydrogens is 772 g/mol. The molecule has 3 aromatic carbocycles. The summed E-state index contributed by atoms with van der Waals surface area (Å²) >= 11 is 0. The Kier molecular flexibility index (Phi) is 6.04. The molecule has 3 aromatic heterocycles. The van der Waals surface area contributed by atoms with Gasteiger partial charge in [-0.15, -0.1) is 16.5 Å². The summed E-state index contributed by atoms with van der Waals surface area (Å²) in [4.78, 5) is 8.87. The molecule has 0 saturated heterocycles. The predicted octanol–water partition coefficient (Wildman–Crippen LogP) is 9.20. The molecule has 0 amide bonds. The van der Waals surface area contributed by atoms with Crippen molar-refractivity contribution in [1.82, 2.24) is 19.1 Å². The van der Waals surface area contributed by atoms with E-state index in [9.17, 15) is 0 Å². The van der Waals surface area contributed by atoms with Crippen molar-refractivity contribution in [3.8, 4) is 5.82 Å². The number of hydrogen-bond donors (Lipinski definition) is 0. The molecule has 0 bridgehead atoms. The van der Waals surface area contributed by atoms with Crippen LogP contribution in [0.25, 0.3) is 27.6 Å². The van der Waals surface area contributed by atoms with E-state index in [2.05, 4.69) is 48.9 Å². The number of pyridine rings is 2. The molecule has 0 aliphatic carbocycles. The van der Waals surface area contributed by atoms with Gasteiger partial charge >= 0.3 is 27.1 Å². The van der Waals surface area contributed by atoms with Gasteiger partial charge in [0.1, 0.15) is 15.6 Å². The molecule has 47 heavy (non-hydrogen) atoms. The number of aromatic nitrogens is 3. The van der Waals surface area contributed by atoms with Crippen LogP contribution in [0.5, 0.6) is 0 Å². The second-order valence-corrected chi connectivity index (χ2v) is 13.5. The van der Waals surface area contributed by atoms with Gasteiger partial charge in [0.2, 0.25) is 0 Å². The Balaban J connectivity index is 0.00000497. The number of rotatable bonds is 4. The van der Waals surface area contributed by atoms with E-state index in [0.29, 0.717) is 26.9 Å². The number of fused-ring (bicyclic) bond motifs is 4. The number of nitrogens with zero attached hydrogens (tertiary/aromatic N) is 5. The second kappa shape index (κ2) is 11.4. The van der Waals surface area contributed by atoms with Crippen molar-refractivity contribution >= 4 is 44.9 Å². The smallest absolute Gasteiger partial charge is 0.331 e. The van der Waals surface area contributed by atoms with Crippen molar-refractivity contribution in [2.75, 3.05) is 6.98 Å². The number of hydrogen-bond acceptors (Lipinski definition) is 2. The molecule has 1 aliphatic heterocycles. The Morgan fingerprint density at radius 3 is 2.32 bits per heavy atom. The molecule has 6 aromatic rings. The van der Waals surface area contributed by atoms with Gasteiger partial charge in [-0.1, -0.05) is 104 Å². The molecule has 5 nitrogen and oxygen atoms in total. The molecule has 8 heteroatoms. The Hall–Kier alpha value is -4.31. The minimum atomic E-state index is -3.80. The quantitative estimate of drug-likeness (QED) is 0.132. The van der Waals surface area contributed by atoms with Gasteiger partial charge in [0, 0.05) is 29.5 Å². The van der Waals surface area contributed by atoms with Crippen LogP contribution in [0, 0.1) is 12.1 Å². The van der Waals surface area contributed by atoms with Crippen LogP contribution in [0.4, 0.5) is 25.8 Å². The fraction of sp³-hybridized carbons (Fsp3) is 0.256. The summed E-state index contributed by atoms with van der Waals surface area (Å²) in [7, 11) is 0. The number of para-hydroxylation sites is 3. The second-order valence-electron chi connectivity index (χ2n) is 13.5. The maximum Gasteiger partial charge on any atom is 2.00 e. The van der Waals surface area contributed by atoms with E-state index in [1.165, 1.54) is 18.3 Å². The fourth-order valence-electron chi connectivity index (χ4n) is 5.60. The summed E-state index contributed by atoms with van der Waals surface area (Å²) in [6.07, 6.45) is 3.10. The zero-order valence-corrected chi connectivity index (χ0v) is 28.9. The van der Waals surface area contributed by atoms with E-state index in [1.807, 2.05) is 57.2 Å². The van der Waals surface area contributed by atoms with E-state index in [0.717, 1.165) is 21.0 Å². The van der Waals surface area contributed by atoms with Crippen molar-refractivity contribution in [1.29, 1.82) is 0 Å². The number of benzene rings is 3. The minimum absolute atomic E-state index is 0. The van der Waals surface area contributed by atoms with Gasteiger partial charge in [0.15, 0.2) is 6.98 Å². The molecule has 7 rings (SSSR count). The number of alkyl halides is 2. The topological polar surface area (TPSA) is 36.7 Å². The first-order valence-electron chi connectivity index (χ1n) is 18.3. The monoisotopic (exact) mass is 813 g/mol. The van der Waals surface area contributed by atoms with Crippen molar-refractivity contribution < 1.29 is 44.0 Å². The molecule has 0 radical (unpaired) electrons. The van der Waals surface area contributed by atoms with Crippen molar-refractivity contribution in [3.63, 3.8) is 0 Å². The summed E-state index contributed by atoms with van der Waals surface area (Å²) in [5, 5.41) is 1.39. The van der Waals surface area contributed by atoms with Crippen molar-refractivity contribution in [2.24, 2.45) is 0 Å². The molecule has 0 saturated carbocycles. The Morgan fingerprint density at radius 1 is 0.872 bits per heavy atom. The Morgan fingerprint density at radius 2 is 1.60 bits per heavy atom. The molecular formula is C39H35F2N5Pt+2. The average molecular weight is 814 g/mol. The first-order chi connectivity index (χ1) is 24.6. The molecule has 0 unspecified atom stereocenters. The van der Waals surface area contributed by atoms with Crippen molar-refractivity contribution in [3.05, 3.63) is 120 Å². The van der Waals surface area contributed by atoms with E-state index in [1.54, 1.807) is 10.8 Å². The number of halogens is 2. The maximum absolute atomic E-state index is 17.1. The van der Waals surface area contributed by atoms with Gasteiger partial charge in [-0.25, -0.2) is 4.98 Å². The summed E-state index contributed by atoms with van der Waals surface area (Å²) in [6, 6.07) is 20.1. The van der Waals surface area contributed by atoms with Crippen LogP contribution >= 0.6 is 0 Å². The molecule has 238 valence electrons. The first-order valence-corrected chi connectivity index (χ1v) is 14.8. The van der Waals surface area contributed by atoms with Crippen LogP contribution in [0.15, 0.2) is 85.1 Å². The third kappa shape index (κ3) is 5.56. The van der Waals surface area contributed by atoms with Crippen LogP contribution in [-0.2, 0) is 37.8 Å². The first kappa shape index (κ1) is 24.8. The van der Waals surface area contributed by atoms with E-state index in [4.69, 9.17) is 9.60 Å². The van der Waals surface area contributed by atoms with Crippen LogP contribution < -0.4 is 4.58 Å². The fourth-order valence-corrected chi connectivity index (χ4v) is 5.60. The molecule has 4 heterocycles. The van der Waals surface area contributed by atoms with Crippen LogP contribution in [-0.4, -0.2) is 32.1 Å². The van der Waals surface area contributed by atoms with Crippen molar-refractivity contribution in [2.45, 2.75) is 58.3 Å². The molecule has 0 fully saturated rings. The summed E-state index contributed by atoms with van der Waals surface area (Å²) in [5.41, 5.74) is -0.357. The van der Waals surface area contributed by atoms with Gasteiger partial charge in [-0.2, -0.15) is 20.9 Å². The maximum atomic E-state index is 17.1. The van der Waals surface area contributed by atoms with E-state index in [-0.39, 0.29) is 43.5 Å². The molecule has 0 spiro atoms. The zero-order chi connectivity index (χ0) is 38.6. The standard InChI is InChI=1S/C39H35F2N5.Pt/c1-37(2,3)25-16-17-42-36(21-25)46-31-13-9-8-12-29(31)30-23-43-35(22-34(30)46)39(40,41)27-18-26(38(4,5)6)19-28(20-27)45-24-44(7)32-14-10-11-15-33(32)45;/h8-19,21,23H,1-7H3;/q;+2/i7D3,10D,11D,14D,15D;. The normalized spacial score (nSPS) is 15.8. The van der Waals surface area contributed by atoms with Crippen LogP contribution in [0.2, 0.25) is 0 Å². The van der Waals surface area contributed by atoms with Crippen LogP contribution in [0.1, 0.15) is 73.5 Å². The third-order valence-corrected chi connectivity index (χ3v) is 8.21.